The van der Waals surface area contributed by atoms with Gasteiger partial charge in [0.25, 0.3) is 0 Å². The molecule has 0 fully saturated rings. The zero-order valence-corrected chi connectivity index (χ0v) is 8.84. The van der Waals surface area contributed by atoms with Gasteiger partial charge in [-0.05, 0) is 42.5 Å². The van der Waals surface area contributed by atoms with Gasteiger partial charge in [-0.1, -0.05) is 0 Å². The number of rotatable bonds is 3. The van der Waals surface area contributed by atoms with Crippen LogP contribution in [0.4, 0.5) is 8.78 Å². The van der Waals surface area contributed by atoms with Gasteiger partial charge in [-0.25, -0.2) is 8.78 Å². The Kier molecular flexibility index (Phi) is 3.08. The third-order valence-corrected chi connectivity index (χ3v) is 2.71. The number of hydrogen-bond donors (Lipinski definition) is 2. The van der Waals surface area contributed by atoms with Crippen LogP contribution in [0.1, 0.15) is 12.0 Å². The fraction of sp³-hybridized carbons (Fsp3) is 0.333. The van der Waals surface area contributed by atoms with Gasteiger partial charge in [0.2, 0.25) is 0 Å². The highest BCUT2D eigenvalue weighted by atomic mass is 19.1. The van der Waals surface area contributed by atoms with E-state index >= 15 is 0 Å². The molecule has 16 heavy (non-hydrogen) atoms. The molecule has 0 unspecified atom stereocenters. The molecule has 2 nitrogen and oxygen atoms in total. The van der Waals surface area contributed by atoms with Crippen molar-refractivity contribution in [2.24, 2.45) is 11.7 Å². The van der Waals surface area contributed by atoms with Gasteiger partial charge in [-0.3, -0.25) is 0 Å². The summed E-state index contributed by atoms with van der Waals surface area (Å²) in [6.45, 7) is 0.809. The van der Waals surface area contributed by atoms with Crippen molar-refractivity contribution in [3.05, 3.63) is 47.3 Å². The minimum absolute atomic E-state index is 0.353. The molecule has 0 aromatic heterocycles. The first-order valence-electron chi connectivity index (χ1n) is 5.29. The number of aryl methyl sites for hydroxylation is 1. The molecular weight excluding hydrogens is 210 g/mol. The lowest BCUT2D eigenvalue weighted by atomic mass is 10.0. The van der Waals surface area contributed by atoms with Gasteiger partial charge in [0.1, 0.15) is 11.6 Å². The predicted octanol–water partition coefficient (Wildman–Crippen LogP) is 1.92. The van der Waals surface area contributed by atoms with Gasteiger partial charge in [-0.2, -0.15) is 0 Å². The third kappa shape index (κ3) is 2.72. The van der Waals surface area contributed by atoms with Gasteiger partial charge >= 0.3 is 0 Å². The van der Waals surface area contributed by atoms with Crippen LogP contribution in [0.2, 0.25) is 0 Å². The molecule has 2 rings (SSSR count). The summed E-state index contributed by atoms with van der Waals surface area (Å²) < 4.78 is 25.8. The van der Waals surface area contributed by atoms with Crippen molar-refractivity contribution in [3.63, 3.8) is 0 Å². The molecule has 0 bridgehead atoms. The van der Waals surface area contributed by atoms with Crippen LogP contribution in [0, 0.1) is 17.6 Å². The number of halogens is 2. The van der Waals surface area contributed by atoms with E-state index in [1.54, 1.807) is 0 Å². The zero-order chi connectivity index (χ0) is 11.5. The second kappa shape index (κ2) is 4.51. The largest absolute Gasteiger partial charge is 0.386 e. The van der Waals surface area contributed by atoms with Crippen molar-refractivity contribution in [3.8, 4) is 0 Å². The summed E-state index contributed by atoms with van der Waals surface area (Å²) in [5, 5.41) is 3.02. The lowest BCUT2D eigenvalue weighted by Gasteiger charge is -2.06. The van der Waals surface area contributed by atoms with Gasteiger partial charge in [0.15, 0.2) is 0 Å². The van der Waals surface area contributed by atoms with Crippen molar-refractivity contribution in [2.45, 2.75) is 12.8 Å². The molecule has 3 N–H and O–H groups in total. The van der Waals surface area contributed by atoms with E-state index in [2.05, 4.69) is 5.32 Å². The van der Waals surface area contributed by atoms with Crippen molar-refractivity contribution < 1.29 is 8.78 Å². The van der Waals surface area contributed by atoms with Crippen LogP contribution >= 0.6 is 0 Å². The molecule has 0 radical (unpaired) electrons. The molecule has 0 amide bonds. The average molecular weight is 224 g/mol. The minimum Gasteiger partial charge on any atom is -0.386 e. The van der Waals surface area contributed by atoms with Crippen LogP contribution in [0.25, 0.3) is 0 Å². The van der Waals surface area contributed by atoms with Gasteiger partial charge in [-0.15, -0.1) is 0 Å². The maximum Gasteiger partial charge on any atom is 0.126 e. The zero-order valence-electron chi connectivity index (χ0n) is 8.84. The van der Waals surface area contributed by atoms with Crippen LogP contribution in [0.3, 0.4) is 0 Å². The first kappa shape index (κ1) is 10.9. The molecule has 1 heterocycles. The Bertz CT molecular complexity index is 395. The van der Waals surface area contributed by atoms with Crippen molar-refractivity contribution in [2.75, 3.05) is 6.54 Å². The van der Waals surface area contributed by atoms with Gasteiger partial charge in [0.05, 0.1) is 5.82 Å². The monoisotopic (exact) mass is 224 g/mol. The van der Waals surface area contributed by atoms with Crippen molar-refractivity contribution in [1.29, 1.82) is 0 Å². The Labute approximate surface area is 93.1 Å². The summed E-state index contributed by atoms with van der Waals surface area (Å²) in [6, 6.07) is 3.63. The lowest BCUT2D eigenvalue weighted by Crippen LogP contribution is -2.16. The Hall–Kier alpha value is -1.58. The molecule has 0 spiro atoms. The van der Waals surface area contributed by atoms with E-state index in [1.807, 2.05) is 6.08 Å². The summed E-state index contributed by atoms with van der Waals surface area (Å²) in [7, 11) is 0. The second-order valence-electron chi connectivity index (χ2n) is 4.08. The fourth-order valence-electron chi connectivity index (χ4n) is 1.91. The molecule has 0 saturated carbocycles. The third-order valence-electron chi connectivity index (χ3n) is 2.71. The number of nitrogens with two attached hydrogens (primary N) is 1. The molecule has 0 saturated heterocycles. The SMILES string of the molecule is NC1=C[C@H](CCc2cc(F)cc(F)c2)CN1. The van der Waals surface area contributed by atoms with E-state index in [4.69, 9.17) is 5.73 Å². The van der Waals surface area contributed by atoms with Crippen molar-refractivity contribution >= 4 is 0 Å². The van der Waals surface area contributed by atoms with Crippen LogP contribution in [0.5, 0.6) is 0 Å². The van der Waals surface area contributed by atoms with E-state index < -0.39 is 11.6 Å². The average Bonchev–Trinajstić information content (AvgIpc) is 2.60. The highest BCUT2D eigenvalue weighted by molar-refractivity contribution is 5.18. The highest BCUT2D eigenvalue weighted by Gasteiger charge is 2.13. The smallest absolute Gasteiger partial charge is 0.126 e. The van der Waals surface area contributed by atoms with Gasteiger partial charge < -0.3 is 11.1 Å². The summed E-state index contributed by atoms with van der Waals surface area (Å²) in [4.78, 5) is 0. The van der Waals surface area contributed by atoms with Crippen molar-refractivity contribution in [1.82, 2.24) is 5.32 Å². The van der Waals surface area contributed by atoms with E-state index in [0.717, 1.165) is 19.0 Å². The first-order valence-corrected chi connectivity index (χ1v) is 5.29. The molecular formula is C12H14F2N2. The second-order valence-corrected chi connectivity index (χ2v) is 4.08. The summed E-state index contributed by atoms with van der Waals surface area (Å²) in [6.07, 6.45) is 3.46. The molecule has 0 aliphatic carbocycles. The van der Waals surface area contributed by atoms with E-state index in [1.165, 1.54) is 12.1 Å². The molecule has 1 aliphatic heterocycles. The van der Waals surface area contributed by atoms with E-state index in [0.29, 0.717) is 23.7 Å². The predicted molar refractivity (Wildman–Crippen MR) is 58.4 cm³/mol. The Morgan fingerprint density at radius 1 is 1.25 bits per heavy atom. The summed E-state index contributed by atoms with van der Waals surface area (Å²) in [5.41, 5.74) is 6.26. The van der Waals surface area contributed by atoms with E-state index in [9.17, 15) is 8.78 Å². The molecule has 1 aliphatic rings. The number of nitrogens with one attached hydrogen (secondary N) is 1. The lowest BCUT2D eigenvalue weighted by molar-refractivity contribution is 0.568. The van der Waals surface area contributed by atoms with Crippen LogP contribution < -0.4 is 11.1 Å². The molecule has 1 aromatic rings. The number of hydrogen-bond acceptors (Lipinski definition) is 2. The summed E-state index contributed by atoms with van der Waals surface area (Å²) in [5.74, 6) is 0.00552. The van der Waals surface area contributed by atoms with Crippen LogP contribution in [-0.2, 0) is 6.42 Å². The molecule has 4 heteroatoms. The normalized spacial score (nSPS) is 19.4. The Balaban J connectivity index is 1.94. The van der Waals surface area contributed by atoms with E-state index in [-0.39, 0.29) is 0 Å². The molecule has 1 aromatic carbocycles. The van der Waals surface area contributed by atoms with Gasteiger partial charge in [0, 0.05) is 12.6 Å². The Morgan fingerprint density at radius 3 is 2.50 bits per heavy atom. The standard InChI is InChI=1S/C12H14F2N2/c13-10-3-8(4-11(14)6-10)1-2-9-5-12(15)16-7-9/h3-6,9,16H,1-2,7,15H2/t9-/m0/s1. The minimum atomic E-state index is -0.519. The molecule has 86 valence electrons. The summed E-state index contributed by atoms with van der Waals surface area (Å²) >= 11 is 0. The quantitative estimate of drug-likeness (QED) is 0.823. The van der Waals surface area contributed by atoms with Crippen LogP contribution in [-0.4, -0.2) is 6.54 Å². The topological polar surface area (TPSA) is 38.0 Å². The fourth-order valence-corrected chi connectivity index (χ4v) is 1.91. The maximum absolute atomic E-state index is 12.9. The highest BCUT2D eigenvalue weighted by Crippen LogP contribution is 2.16. The molecule has 1 atom stereocenters. The first-order chi connectivity index (χ1) is 7.63. The number of benzene rings is 1. The van der Waals surface area contributed by atoms with Crippen LogP contribution in [0.15, 0.2) is 30.1 Å². The Morgan fingerprint density at radius 2 is 1.94 bits per heavy atom. The maximum atomic E-state index is 12.9.